The summed E-state index contributed by atoms with van der Waals surface area (Å²) < 4.78 is 10.6. The molecule has 6 heteroatoms. The molecule has 1 atom stereocenters. The van der Waals surface area contributed by atoms with E-state index in [2.05, 4.69) is 0 Å². The zero-order valence-electron chi connectivity index (χ0n) is 14.8. The highest BCUT2D eigenvalue weighted by Crippen LogP contribution is 2.23. The van der Waals surface area contributed by atoms with Gasteiger partial charge in [0.2, 0.25) is 0 Å². The molecule has 1 aromatic carbocycles. The summed E-state index contributed by atoms with van der Waals surface area (Å²) in [5, 5.41) is 8.82. The minimum Gasteiger partial charge on any atom is -0.494 e. The number of hydrogen-bond donors (Lipinski definition) is 1. The summed E-state index contributed by atoms with van der Waals surface area (Å²) in [6.07, 6.45) is 3.54. The third-order valence-corrected chi connectivity index (χ3v) is 4.44. The minimum atomic E-state index is -0.774. The van der Waals surface area contributed by atoms with Gasteiger partial charge in [-0.3, -0.25) is 9.59 Å². The Morgan fingerprint density at radius 2 is 2.00 bits per heavy atom. The van der Waals surface area contributed by atoms with E-state index in [4.69, 9.17) is 14.6 Å². The Balaban J connectivity index is 1.85. The molecule has 1 aliphatic rings. The minimum absolute atomic E-state index is 0.00552. The molecule has 0 aromatic heterocycles. The quantitative estimate of drug-likeness (QED) is 0.694. The van der Waals surface area contributed by atoms with Crippen LogP contribution >= 0.6 is 0 Å². The standard InChI is InChI=1S/C19H27NO5/c1-24-12-3-13-25-17-8-6-16(7-9-17)19(23)20-11-2-4-15(14-20)5-10-18(21)22/h6-9,15H,2-5,10-14H2,1H3,(H,21,22). The third-order valence-electron chi connectivity index (χ3n) is 4.44. The Hall–Kier alpha value is -2.08. The molecule has 0 saturated carbocycles. The molecule has 1 heterocycles. The molecule has 0 bridgehead atoms. The van der Waals surface area contributed by atoms with Crippen molar-refractivity contribution in [3.8, 4) is 5.75 Å². The first-order valence-electron chi connectivity index (χ1n) is 8.83. The van der Waals surface area contributed by atoms with Crippen LogP contribution in [0.15, 0.2) is 24.3 Å². The van der Waals surface area contributed by atoms with Crippen LogP contribution < -0.4 is 4.74 Å². The monoisotopic (exact) mass is 349 g/mol. The lowest BCUT2D eigenvalue weighted by Gasteiger charge is -2.32. The molecular formula is C19H27NO5. The molecule has 1 unspecified atom stereocenters. The van der Waals surface area contributed by atoms with Gasteiger partial charge in [-0.2, -0.15) is 0 Å². The van der Waals surface area contributed by atoms with E-state index >= 15 is 0 Å². The molecule has 2 rings (SSSR count). The zero-order chi connectivity index (χ0) is 18.1. The third kappa shape index (κ3) is 6.38. The zero-order valence-corrected chi connectivity index (χ0v) is 14.8. The number of rotatable bonds is 9. The first-order chi connectivity index (χ1) is 12.1. The number of carbonyl (C=O) groups is 2. The van der Waals surface area contributed by atoms with Crippen molar-refractivity contribution < 1.29 is 24.2 Å². The molecule has 1 amide bonds. The predicted octanol–water partition coefficient (Wildman–Crippen LogP) is 2.82. The van der Waals surface area contributed by atoms with Crippen molar-refractivity contribution in [1.82, 2.24) is 4.90 Å². The van der Waals surface area contributed by atoms with Gasteiger partial charge in [0.15, 0.2) is 0 Å². The van der Waals surface area contributed by atoms with E-state index in [1.807, 2.05) is 17.0 Å². The number of nitrogens with zero attached hydrogens (tertiary/aromatic N) is 1. The van der Waals surface area contributed by atoms with E-state index < -0.39 is 5.97 Å². The maximum Gasteiger partial charge on any atom is 0.303 e. The van der Waals surface area contributed by atoms with Crippen LogP contribution in [-0.4, -0.2) is 55.3 Å². The molecular weight excluding hydrogens is 322 g/mol. The van der Waals surface area contributed by atoms with Gasteiger partial charge < -0.3 is 19.5 Å². The van der Waals surface area contributed by atoms with Gasteiger partial charge in [-0.25, -0.2) is 0 Å². The highest BCUT2D eigenvalue weighted by atomic mass is 16.5. The molecule has 0 radical (unpaired) electrons. The number of benzene rings is 1. The summed E-state index contributed by atoms with van der Waals surface area (Å²) in [5.74, 6) is 0.248. The average molecular weight is 349 g/mol. The summed E-state index contributed by atoms with van der Waals surface area (Å²) >= 11 is 0. The SMILES string of the molecule is COCCCOc1ccc(C(=O)N2CCCC(CCC(=O)O)C2)cc1. The number of carboxylic acids is 1. The number of carboxylic acid groups (broad SMARTS) is 1. The lowest BCUT2D eigenvalue weighted by Crippen LogP contribution is -2.40. The number of ether oxygens (including phenoxy) is 2. The van der Waals surface area contributed by atoms with Crippen LogP contribution in [0.1, 0.15) is 42.5 Å². The Morgan fingerprint density at radius 1 is 1.24 bits per heavy atom. The summed E-state index contributed by atoms with van der Waals surface area (Å²) in [7, 11) is 1.66. The second-order valence-corrected chi connectivity index (χ2v) is 6.41. The van der Waals surface area contributed by atoms with Gasteiger partial charge in [-0.15, -0.1) is 0 Å². The number of methoxy groups -OCH3 is 1. The Kier molecular flexibility index (Phi) is 7.73. The second-order valence-electron chi connectivity index (χ2n) is 6.41. The Labute approximate surface area is 148 Å². The van der Waals surface area contributed by atoms with Crippen molar-refractivity contribution in [3.63, 3.8) is 0 Å². The molecule has 1 N–H and O–H groups in total. The fourth-order valence-corrected chi connectivity index (χ4v) is 3.08. The Morgan fingerprint density at radius 3 is 2.68 bits per heavy atom. The summed E-state index contributed by atoms with van der Waals surface area (Å²) in [5.41, 5.74) is 0.642. The lowest BCUT2D eigenvalue weighted by molar-refractivity contribution is -0.137. The fraction of sp³-hybridized carbons (Fsp3) is 0.579. The molecule has 1 fully saturated rings. The second kappa shape index (κ2) is 10.0. The van der Waals surface area contributed by atoms with Crippen molar-refractivity contribution in [2.24, 2.45) is 5.92 Å². The van der Waals surface area contributed by atoms with Gasteiger partial charge in [0.05, 0.1) is 6.61 Å². The highest BCUT2D eigenvalue weighted by Gasteiger charge is 2.24. The van der Waals surface area contributed by atoms with Crippen LogP contribution in [0.2, 0.25) is 0 Å². The van der Waals surface area contributed by atoms with Crippen LogP contribution in [0.4, 0.5) is 0 Å². The van der Waals surface area contributed by atoms with E-state index in [0.717, 1.165) is 31.6 Å². The maximum atomic E-state index is 12.6. The first kappa shape index (κ1) is 19.2. The van der Waals surface area contributed by atoms with Gasteiger partial charge in [0.1, 0.15) is 5.75 Å². The summed E-state index contributed by atoms with van der Waals surface area (Å²) in [4.78, 5) is 25.2. The van der Waals surface area contributed by atoms with E-state index in [-0.39, 0.29) is 18.2 Å². The molecule has 6 nitrogen and oxygen atoms in total. The summed E-state index contributed by atoms with van der Waals surface area (Å²) in [6.45, 7) is 2.62. The van der Waals surface area contributed by atoms with Gasteiger partial charge in [-0.05, 0) is 49.4 Å². The highest BCUT2D eigenvalue weighted by molar-refractivity contribution is 5.94. The van der Waals surface area contributed by atoms with Crippen molar-refractivity contribution >= 4 is 11.9 Å². The number of hydrogen-bond acceptors (Lipinski definition) is 4. The van der Waals surface area contributed by atoms with Crippen LogP contribution in [0, 0.1) is 5.92 Å². The number of piperidine rings is 1. The average Bonchev–Trinajstić information content (AvgIpc) is 2.64. The van der Waals surface area contributed by atoms with Gasteiger partial charge in [-0.1, -0.05) is 0 Å². The lowest BCUT2D eigenvalue weighted by atomic mass is 9.93. The number of amides is 1. The number of likely N-dealkylation sites (tertiary alicyclic amines) is 1. The fourth-order valence-electron chi connectivity index (χ4n) is 3.08. The largest absolute Gasteiger partial charge is 0.494 e. The number of aliphatic carboxylic acids is 1. The van der Waals surface area contributed by atoms with Crippen molar-refractivity contribution in [2.75, 3.05) is 33.4 Å². The molecule has 0 aliphatic carbocycles. The smallest absolute Gasteiger partial charge is 0.303 e. The number of carbonyl (C=O) groups excluding carboxylic acids is 1. The molecule has 0 spiro atoms. The van der Waals surface area contributed by atoms with Gasteiger partial charge in [0.25, 0.3) is 5.91 Å². The Bertz CT molecular complexity index is 557. The van der Waals surface area contributed by atoms with Crippen molar-refractivity contribution in [3.05, 3.63) is 29.8 Å². The van der Waals surface area contributed by atoms with Gasteiger partial charge >= 0.3 is 5.97 Å². The van der Waals surface area contributed by atoms with E-state index in [0.29, 0.717) is 31.7 Å². The predicted molar refractivity (Wildman–Crippen MR) is 93.9 cm³/mol. The van der Waals surface area contributed by atoms with Crippen molar-refractivity contribution in [2.45, 2.75) is 32.1 Å². The maximum absolute atomic E-state index is 12.6. The van der Waals surface area contributed by atoms with E-state index in [9.17, 15) is 9.59 Å². The molecule has 25 heavy (non-hydrogen) atoms. The van der Waals surface area contributed by atoms with Crippen LogP contribution in [0.3, 0.4) is 0 Å². The molecule has 138 valence electrons. The normalized spacial score (nSPS) is 17.3. The topological polar surface area (TPSA) is 76.1 Å². The molecule has 1 aromatic rings. The molecule has 1 saturated heterocycles. The summed E-state index contributed by atoms with van der Waals surface area (Å²) in [6, 6.07) is 7.20. The van der Waals surface area contributed by atoms with Crippen molar-refractivity contribution in [1.29, 1.82) is 0 Å². The molecule has 1 aliphatic heterocycles. The van der Waals surface area contributed by atoms with Gasteiger partial charge in [0, 0.05) is 45.2 Å². The van der Waals surface area contributed by atoms with Crippen LogP contribution in [0.5, 0.6) is 5.75 Å². The van der Waals surface area contributed by atoms with E-state index in [1.165, 1.54) is 0 Å². The van der Waals surface area contributed by atoms with E-state index in [1.54, 1.807) is 19.2 Å². The first-order valence-corrected chi connectivity index (χ1v) is 8.83. The van der Waals surface area contributed by atoms with Crippen LogP contribution in [-0.2, 0) is 9.53 Å². The van der Waals surface area contributed by atoms with Crippen LogP contribution in [0.25, 0.3) is 0 Å².